The van der Waals surface area contributed by atoms with E-state index in [0.29, 0.717) is 21.9 Å². The Kier molecular flexibility index (Phi) is 9.57. The van der Waals surface area contributed by atoms with Gasteiger partial charge in [-0.15, -0.1) is 0 Å². The molecule has 2 atom stereocenters. The maximum absolute atomic E-state index is 15.6. The van der Waals surface area contributed by atoms with Crippen molar-refractivity contribution in [1.82, 2.24) is 19.4 Å². The van der Waals surface area contributed by atoms with E-state index in [9.17, 15) is 33.1 Å². The highest BCUT2D eigenvalue weighted by Gasteiger charge is 2.41. The molecule has 3 heterocycles. The summed E-state index contributed by atoms with van der Waals surface area (Å²) in [6.45, 7) is 2.19. The summed E-state index contributed by atoms with van der Waals surface area (Å²) in [6, 6.07) is 11.0. The van der Waals surface area contributed by atoms with Crippen molar-refractivity contribution in [3.8, 4) is 5.69 Å². The molecule has 1 aliphatic heterocycles. The lowest BCUT2D eigenvalue weighted by Gasteiger charge is -2.40. The zero-order valence-electron chi connectivity index (χ0n) is 29.1. The Labute approximate surface area is 295 Å². The lowest BCUT2D eigenvalue weighted by molar-refractivity contribution is -0.139. The van der Waals surface area contributed by atoms with Crippen LogP contribution < -0.4 is 26.4 Å². The molecule has 1 aliphatic rings. The predicted octanol–water partition coefficient (Wildman–Crippen LogP) is 4.04. The molecule has 1 amide bonds. The van der Waals surface area contributed by atoms with Gasteiger partial charge in [-0.25, -0.2) is 27.3 Å². The van der Waals surface area contributed by atoms with Gasteiger partial charge >= 0.3 is 11.7 Å². The fourth-order valence-corrected chi connectivity index (χ4v) is 6.68. The molecule has 0 bridgehead atoms. The third-order valence-electron chi connectivity index (χ3n) is 9.42. The molecule has 15 heteroatoms. The van der Waals surface area contributed by atoms with Crippen molar-refractivity contribution < 1.29 is 32.6 Å². The number of carbonyl (C=O) groups excluding carboxylic acids is 1. The monoisotopic (exact) mass is 718 g/mol. The first kappa shape index (κ1) is 36.1. The zero-order valence-corrected chi connectivity index (χ0v) is 29.1. The number of aliphatic carboxylic acids is 1. The Morgan fingerprint density at radius 3 is 2.54 bits per heavy atom. The summed E-state index contributed by atoms with van der Waals surface area (Å²) in [4.78, 5) is 61.0. The van der Waals surface area contributed by atoms with Gasteiger partial charge in [0.05, 0.1) is 40.9 Å². The second-order valence-electron chi connectivity index (χ2n) is 13.1. The Bertz CT molecular complexity index is 2330. The first-order valence-corrected chi connectivity index (χ1v) is 16.4. The molecule has 1 fully saturated rings. The van der Waals surface area contributed by atoms with Crippen LogP contribution in [0.5, 0.6) is 0 Å². The van der Waals surface area contributed by atoms with Crippen LogP contribution >= 0.6 is 0 Å². The number of aryl methyl sites for hydroxylation is 2. The van der Waals surface area contributed by atoms with E-state index in [1.165, 1.54) is 34.7 Å². The number of nitrogens with one attached hydrogen (secondary N) is 1. The van der Waals surface area contributed by atoms with E-state index < -0.39 is 52.5 Å². The van der Waals surface area contributed by atoms with E-state index in [1.807, 2.05) is 19.0 Å². The van der Waals surface area contributed by atoms with Crippen molar-refractivity contribution in [3.63, 3.8) is 0 Å². The van der Waals surface area contributed by atoms with E-state index >= 15 is 4.39 Å². The molecule has 0 spiro atoms. The SMILES string of the molecule is Cc1cc(N2CCOC[C@@H]2C(C)(F)F)cc(F)c1C(=O)N[C@@H](Cc1ccc(-n2c(=O)c3cc(N(C)C)ccc3n(C)c2=O)c2ncccc12)C(=O)O. The van der Waals surface area contributed by atoms with Crippen LogP contribution in [0, 0.1) is 12.7 Å². The number of hydrogen-bond acceptors (Lipinski definition) is 8. The zero-order chi connectivity index (χ0) is 37.6. The molecule has 2 aromatic heterocycles. The molecular formula is C37H37F3N6O6. The third-order valence-corrected chi connectivity index (χ3v) is 9.42. The average molecular weight is 719 g/mol. The van der Waals surface area contributed by atoms with Gasteiger partial charge in [-0.2, -0.15) is 0 Å². The number of aromatic nitrogens is 3. The molecule has 0 aliphatic carbocycles. The Balaban J connectivity index is 1.34. The minimum absolute atomic E-state index is 0.0860. The van der Waals surface area contributed by atoms with Gasteiger partial charge in [0.2, 0.25) is 0 Å². The Morgan fingerprint density at radius 1 is 1.12 bits per heavy atom. The number of carboxylic acids is 1. The van der Waals surface area contributed by atoms with Crippen molar-refractivity contribution in [2.24, 2.45) is 7.05 Å². The van der Waals surface area contributed by atoms with Crippen LogP contribution in [0.2, 0.25) is 0 Å². The topological polar surface area (TPSA) is 139 Å². The summed E-state index contributed by atoms with van der Waals surface area (Å²) in [5.74, 6) is -6.55. The van der Waals surface area contributed by atoms with Gasteiger partial charge < -0.3 is 25.0 Å². The molecule has 0 saturated carbocycles. The van der Waals surface area contributed by atoms with Gasteiger partial charge in [-0.3, -0.25) is 19.1 Å². The second-order valence-corrected chi connectivity index (χ2v) is 13.1. The first-order valence-electron chi connectivity index (χ1n) is 16.4. The van der Waals surface area contributed by atoms with E-state index in [1.54, 1.807) is 43.4 Å². The molecule has 52 heavy (non-hydrogen) atoms. The maximum Gasteiger partial charge on any atom is 0.335 e. The maximum atomic E-state index is 15.6. The quantitative estimate of drug-likeness (QED) is 0.231. The molecule has 3 aromatic carbocycles. The highest BCUT2D eigenvalue weighted by Crippen LogP contribution is 2.32. The first-order chi connectivity index (χ1) is 24.6. The van der Waals surface area contributed by atoms with Gasteiger partial charge in [0.1, 0.15) is 17.9 Å². The summed E-state index contributed by atoms with van der Waals surface area (Å²) < 4.78 is 51.8. The summed E-state index contributed by atoms with van der Waals surface area (Å²) in [5.41, 5.74) is 0.727. The van der Waals surface area contributed by atoms with E-state index in [2.05, 4.69) is 10.3 Å². The minimum Gasteiger partial charge on any atom is -0.480 e. The number of carbonyl (C=O) groups is 2. The number of anilines is 2. The number of alkyl halides is 2. The number of pyridine rings is 1. The molecular weight excluding hydrogens is 681 g/mol. The van der Waals surface area contributed by atoms with E-state index in [-0.39, 0.29) is 48.6 Å². The van der Waals surface area contributed by atoms with Gasteiger partial charge in [-0.05, 0) is 60.5 Å². The minimum atomic E-state index is -3.15. The largest absolute Gasteiger partial charge is 0.480 e. The van der Waals surface area contributed by atoms with Crippen LogP contribution in [-0.2, 0) is 23.0 Å². The number of ether oxygens (including phenoxy) is 1. The molecule has 272 valence electrons. The fourth-order valence-electron chi connectivity index (χ4n) is 6.68. The van der Waals surface area contributed by atoms with Crippen LogP contribution in [0.25, 0.3) is 27.5 Å². The van der Waals surface area contributed by atoms with Gasteiger partial charge in [0.15, 0.2) is 0 Å². The van der Waals surface area contributed by atoms with Crippen molar-refractivity contribution in [1.29, 1.82) is 0 Å². The highest BCUT2D eigenvalue weighted by atomic mass is 19.3. The lowest BCUT2D eigenvalue weighted by atomic mass is 9.99. The van der Waals surface area contributed by atoms with Crippen molar-refractivity contribution >= 4 is 45.1 Å². The van der Waals surface area contributed by atoms with Crippen LogP contribution in [0.3, 0.4) is 0 Å². The molecule has 12 nitrogen and oxygen atoms in total. The number of rotatable bonds is 9. The Hall–Kier alpha value is -5.70. The number of morpholine rings is 1. The number of nitrogens with zero attached hydrogens (tertiary/aromatic N) is 5. The average Bonchev–Trinajstić information content (AvgIpc) is 3.10. The number of carboxylic acid groups (broad SMARTS) is 1. The van der Waals surface area contributed by atoms with Gasteiger partial charge in [0, 0.05) is 64.0 Å². The molecule has 0 radical (unpaired) electrons. The normalized spacial score (nSPS) is 15.5. The second kappa shape index (κ2) is 13.8. The van der Waals surface area contributed by atoms with Crippen molar-refractivity contribution in [2.45, 2.75) is 38.3 Å². The standard InChI is InChI=1S/C37H37F3N6O6/c1-20-15-23(45-13-14-52-19-30(45)37(2,39)40)18-26(38)31(20)33(47)42-27(35(49)50)16-21-8-10-29(32-24(21)7-6-12-41-32)46-34(48)25-17-22(43(3)4)9-11-28(25)44(5)36(46)51/h6-12,15,17-18,27,30H,13-14,16,19H2,1-5H3,(H,42,47)(H,49,50)/t27-,30+/m0/s1. The fraction of sp³-hybridized carbons (Fsp3) is 0.324. The highest BCUT2D eigenvalue weighted by molar-refractivity contribution is 5.99. The summed E-state index contributed by atoms with van der Waals surface area (Å²) in [6.07, 6.45) is 1.21. The number of fused-ring (bicyclic) bond motifs is 2. The molecule has 5 aromatic rings. The molecule has 0 unspecified atom stereocenters. The van der Waals surface area contributed by atoms with Gasteiger partial charge in [-0.1, -0.05) is 12.1 Å². The summed E-state index contributed by atoms with van der Waals surface area (Å²) in [5, 5.41) is 13.3. The number of benzene rings is 3. The van der Waals surface area contributed by atoms with Crippen molar-refractivity contribution in [2.75, 3.05) is 43.7 Å². The molecule has 2 N–H and O–H groups in total. The van der Waals surface area contributed by atoms with Crippen LogP contribution in [0.1, 0.15) is 28.4 Å². The smallest absolute Gasteiger partial charge is 0.335 e. The summed E-state index contributed by atoms with van der Waals surface area (Å²) >= 11 is 0. The van der Waals surface area contributed by atoms with Crippen molar-refractivity contribution in [3.05, 3.63) is 104 Å². The van der Waals surface area contributed by atoms with Crippen LogP contribution in [0.4, 0.5) is 24.5 Å². The lowest BCUT2D eigenvalue weighted by Crippen LogP contribution is -2.54. The number of halogens is 3. The molecule has 1 saturated heterocycles. The predicted molar refractivity (Wildman–Crippen MR) is 191 cm³/mol. The van der Waals surface area contributed by atoms with Crippen LogP contribution in [0.15, 0.2) is 70.4 Å². The van der Waals surface area contributed by atoms with E-state index in [4.69, 9.17) is 4.74 Å². The van der Waals surface area contributed by atoms with Crippen LogP contribution in [-0.4, -0.2) is 83.0 Å². The number of amides is 1. The van der Waals surface area contributed by atoms with E-state index in [0.717, 1.165) is 23.2 Å². The third kappa shape index (κ3) is 6.59. The molecule has 6 rings (SSSR count). The summed E-state index contributed by atoms with van der Waals surface area (Å²) in [7, 11) is 5.22. The Morgan fingerprint density at radius 2 is 1.87 bits per heavy atom. The number of hydrogen-bond donors (Lipinski definition) is 2. The van der Waals surface area contributed by atoms with Gasteiger partial charge in [0.25, 0.3) is 17.4 Å².